The zero-order valence-electron chi connectivity index (χ0n) is 11.4. The highest BCUT2D eigenvalue weighted by Crippen LogP contribution is 2.38. The van der Waals surface area contributed by atoms with Crippen LogP contribution in [0, 0.1) is 0 Å². The largest absolute Gasteiger partial charge is 0.416 e. The smallest absolute Gasteiger partial charge is 0.330 e. The highest BCUT2D eigenvalue weighted by atomic mass is 32.2. The molecular weight excluding hydrogens is 283 g/mol. The highest BCUT2D eigenvalue weighted by molar-refractivity contribution is 8.00. The Hall–Kier alpha value is -0.680. The lowest BCUT2D eigenvalue weighted by molar-refractivity contribution is -0.138. The van der Waals surface area contributed by atoms with Gasteiger partial charge in [0.2, 0.25) is 0 Å². The molecule has 1 aromatic rings. The van der Waals surface area contributed by atoms with Crippen LogP contribution in [0.1, 0.15) is 43.2 Å². The van der Waals surface area contributed by atoms with E-state index >= 15 is 0 Å². The minimum atomic E-state index is -4.30. The number of hydrogen-bond acceptors (Lipinski definition) is 2. The second kappa shape index (κ2) is 6.85. The molecule has 2 N–H and O–H groups in total. The Morgan fingerprint density at radius 1 is 1.15 bits per heavy atom. The van der Waals surface area contributed by atoms with Crippen molar-refractivity contribution in [2.24, 2.45) is 5.73 Å². The fourth-order valence-corrected chi connectivity index (χ4v) is 3.93. The second-order valence-corrected chi connectivity index (χ2v) is 6.61. The molecule has 5 heteroatoms. The van der Waals surface area contributed by atoms with Crippen LogP contribution in [0.4, 0.5) is 13.2 Å². The standard InChI is InChI=1S/C15H20F3NS/c16-15(17,18)14-10-13(7-6-11(14)8-9-19)20-12-4-2-1-3-5-12/h6-7,10,12H,1-5,8-9,19H2. The van der Waals surface area contributed by atoms with E-state index in [1.165, 1.54) is 25.3 Å². The molecule has 0 spiro atoms. The minimum absolute atomic E-state index is 0.234. The van der Waals surface area contributed by atoms with Gasteiger partial charge < -0.3 is 5.73 Å². The molecule has 1 aliphatic carbocycles. The van der Waals surface area contributed by atoms with Crippen molar-refractivity contribution < 1.29 is 13.2 Å². The second-order valence-electron chi connectivity index (χ2n) is 5.23. The summed E-state index contributed by atoms with van der Waals surface area (Å²) >= 11 is 1.59. The predicted octanol–water partition coefficient (Wildman–Crippen LogP) is 4.63. The van der Waals surface area contributed by atoms with Crippen LogP contribution in [0.25, 0.3) is 0 Å². The van der Waals surface area contributed by atoms with Crippen molar-refractivity contribution in [3.63, 3.8) is 0 Å². The normalized spacial score (nSPS) is 17.4. The Labute approximate surface area is 122 Å². The average molecular weight is 303 g/mol. The monoisotopic (exact) mass is 303 g/mol. The molecular formula is C15H20F3NS. The topological polar surface area (TPSA) is 26.0 Å². The first-order valence-electron chi connectivity index (χ1n) is 7.07. The SMILES string of the molecule is NCCc1ccc(SC2CCCCC2)cc1C(F)(F)F. The molecule has 20 heavy (non-hydrogen) atoms. The van der Waals surface area contributed by atoms with Crippen molar-refractivity contribution in [2.75, 3.05) is 6.54 Å². The molecule has 0 heterocycles. The molecule has 0 saturated heterocycles. The molecule has 2 rings (SSSR count). The van der Waals surface area contributed by atoms with Gasteiger partial charge in [-0.3, -0.25) is 0 Å². The summed E-state index contributed by atoms with van der Waals surface area (Å²) in [4.78, 5) is 0.727. The maximum Gasteiger partial charge on any atom is 0.416 e. The van der Waals surface area contributed by atoms with E-state index in [4.69, 9.17) is 5.73 Å². The lowest BCUT2D eigenvalue weighted by Crippen LogP contribution is -2.13. The van der Waals surface area contributed by atoms with Crippen molar-refractivity contribution in [3.8, 4) is 0 Å². The van der Waals surface area contributed by atoms with Gasteiger partial charge in [-0.15, -0.1) is 11.8 Å². The maximum absolute atomic E-state index is 13.1. The first kappa shape index (κ1) is 15.7. The van der Waals surface area contributed by atoms with Gasteiger partial charge in [0.05, 0.1) is 5.56 Å². The quantitative estimate of drug-likeness (QED) is 0.877. The van der Waals surface area contributed by atoms with Crippen LogP contribution < -0.4 is 5.73 Å². The molecule has 0 unspecified atom stereocenters. The molecule has 0 atom stereocenters. The summed E-state index contributed by atoms with van der Waals surface area (Å²) < 4.78 is 39.2. The highest BCUT2D eigenvalue weighted by Gasteiger charge is 2.33. The van der Waals surface area contributed by atoms with Gasteiger partial charge >= 0.3 is 6.18 Å². The molecule has 0 amide bonds. The van der Waals surface area contributed by atoms with E-state index < -0.39 is 11.7 Å². The fourth-order valence-electron chi connectivity index (χ4n) is 2.64. The van der Waals surface area contributed by atoms with E-state index in [-0.39, 0.29) is 13.0 Å². The summed E-state index contributed by atoms with van der Waals surface area (Å²) in [7, 11) is 0. The molecule has 1 saturated carbocycles. The number of alkyl halides is 3. The third-order valence-electron chi connectivity index (χ3n) is 3.66. The molecule has 0 aliphatic heterocycles. The third kappa shape index (κ3) is 4.16. The van der Waals surface area contributed by atoms with Gasteiger partial charge in [-0.05, 0) is 43.5 Å². The van der Waals surface area contributed by atoms with Gasteiger partial charge in [0.15, 0.2) is 0 Å². The Balaban J connectivity index is 2.17. The van der Waals surface area contributed by atoms with Crippen LogP contribution in [0.3, 0.4) is 0 Å². The fraction of sp³-hybridized carbons (Fsp3) is 0.600. The van der Waals surface area contributed by atoms with Crippen LogP contribution >= 0.6 is 11.8 Å². The number of benzene rings is 1. The van der Waals surface area contributed by atoms with Gasteiger partial charge in [-0.2, -0.15) is 13.2 Å². The van der Waals surface area contributed by atoms with Crippen LogP contribution in [0.5, 0.6) is 0 Å². The third-order valence-corrected chi connectivity index (χ3v) is 4.99. The summed E-state index contributed by atoms with van der Waals surface area (Å²) in [6, 6.07) is 4.69. The van der Waals surface area contributed by atoms with Crippen LogP contribution in [0.2, 0.25) is 0 Å². The summed E-state index contributed by atoms with van der Waals surface area (Å²) in [5.74, 6) is 0. The number of hydrogen-bond donors (Lipinski definition) is 1. The summed E-state index contributed by atoms with van der Waals surface area (Å²) in [5.41, 5.74) is 5.16. The Morgan fingerprint density at radius 3 is 2.45 bits per heavy atom. The number of rotatable bonds is 4. The molecule has 1 aliphatic rings. The molecule has 1 fully saturated rings. The van der Waals surface area contributed by atoms with Crippen LogP contribution in [0.15, 0.2) is 23.1 Å². The maximum atomic E-state index is 13.1. The minimum Gasteiger partial charge on any atom is -0.330 e. The summed E-state index contributed by atoms with van der Waals surface area (Å²) in [6.45, 7) is 0.234. The van der Waals surface area contributed by atoms with Gasteiger partial charge in [0, 0.05) is 10.1 Å². The van der Waals surface area contributed by atoms with Gasteiger partial charge in [-0.1, -0.05) is 25.3 Å². The van der Waals surface area contributed by atoms with Crippen LogP contribution in [-0.4, -0.2) is 11.8 Å². The lowest BCUT2D eigenvalue weighted by Gasteiger charge is -2.22. The molecule has 0 radical (unpaired) electrons. The van der Waals surface area contributed by atoms with E-state index in [9.17, 15) is 13.2 Å². The van der Waals surface area contributed by atoms with E-state index in [0.29, 0.717) is 10.8 Å². The van der Waals surface area contributed by atoms with Crippen LogP contribution in [-0.2, 0) is 12.6 Å². The molecule has 1 aromatic carbocycles. The average Bonchev–Trinajstić information content (AvgIpc) is 2.41. The number of nitrogens with two attached hydrogens (primary N) is 1. The zero-order valence-corrected chi connectivity index (χ0v) is 12.2. The Bertz CT molecular complexity index is 439. The van der Waals surface area contributed by atoms with E-state index in [0.717, 1.165) is 17.7 Å². The van der Waals surface area contributed by atoms with E-state index in [1.807, 2.05) is 0 Å². The molecule has 1 nitrogen and oxygen atoms in total. The van der Waals surface area contributed by atoms with Crippen molar-refractivity contribution in [3.05, 3.63) is 29.3 Å². The first-order valence-corrected chi connectivity index (χ1v) is 7.95. The number of thioether (sulfide) groups is 1. The van der Waals surface area contributed by atoms with Crippen molar-refractivity contribution >= 4 is 11.8 Å². The van der Waals surface area contributed by atoms with Gasteiger partial charge in [-0.25, -0.2) is 0 Å². The van der Waals surface area contributed by atoms with E-state index in [1.54, 1.807) is 23.9 Å². The zero-order chi connectivity index (χ0) is 14.6. The van der Waals surface area contributed by atoms with E-state index in [2.05, 4.69) is 0 Å². The summed E-state index contributed by atoms with van der Waals surface area (Å²) in [5, 5.41) is 0.463. The molecule has 0 aromatic heterocycles. The first-order chi connectivity index (χ1) is 9.50. The van der Waals surface area contributed by atoms with Gasteiger partial charge in [0.1, 0.15) is 0 Å². The molecule has 0 bridgehead atoms. The Kier molecular flexibility index (Phi) is 5.38. The van der Waals surface area contributed by atoms with Crippen molar-refractivity contribution in [1.82, 2.24) is 0 Å². The Morgan fingerprint density at radius 2 is 1.85 bits per heavy atom. The van der Waals surface area contributed by atoms with Crippen molar-refractivity contribution in [1.29, 1.82) is 0 Å². The molecule has 112 valence electrons. The van der Waals surface area contributed by atoms with Crippen molar-refractivity contribution in [2.45, 2.75) is 54.8 Å². The van der Waals surface area contributed by atoms with Gasteiger partial charge in [0.25, 0.3) is 0 Å². The lowest BCUT2D eigenvalue weighted by atomic mass is 10.0. The predicted molar refractivity (Wildman–Crippen MR) is 76.9 cm³/mol. The summed E-state index contributed by atoms with van der Waals surface area (Å²) in [6.07, 6.45) is 1.81. The number of halogens is 3.